The molecule has 4 fully saturated rings. The lowest BCUT2D eigenvalue weighted by atomic mass is 9.59. The van der Waals surface area contributed by atoms with Gasteiger partial charge in [-0.05, 0) is 134 Å². The predicted octanol–water partition coefficient (Wildman–Crippen LogP) is 9.88. The molecule has 326 valence electrons. The molecular formula is C48H58N8O5S. The van der Waals surface area contributed by atoms with Crippen molar-refractivity contribution in [2.24, 2.45) is 16.5 Å². The molecule has 0 radical (unpaired) electrons. The van der Waals surface area contributed by atoms with E-state index in [-0.39, 0.29) is 11.6 Å². The number of hydrogen-bond donors (Lipinski definition) is 4. The molecule has 2 saturated heterocycles. The number of H-pyrrole nitrogens is 1. The number of fused-ring (bicyclic) bond motifs is 1. The number of aliphatic hydroxyl groups is 1. The number of aromatic nitrogens is 3. The van der Waals surface area contributed by atoms with E-state index >= 15 is 0 Å². The van der Waals surface area contributed by atoms with Gasteiger partial charge in [0, 0.05) is 66.7 Å². The van der Waals surface area contributed by atoms with E-state index in [2.05, 4.69) is 78.1 Å². The number of rotatable bonds is 13. The molecule has 1 atom stereocenters. The number of hydrogen-bond acceptors (Lipinski definition) is 12. The smallest absolute Gasteiger partial charge is 0.265 e. The van der Waals surface area contributed by atoms with Gasteiger partial charge in [-0.15, -0.1) is 4.91 Å². The van der Waals surface area contributed by atoms with E-state index in [1.165, 1.54) is 24.0 Å². The molecule has 2 aromatic carbocycles. The van der Waals surface area contributed by atoms with Crippen molar-refractivity contribution in [2.45, 2.75) is 101 Å². The molecule has 5 heterocycles. The van der Waals surface area contributed by atoms with Gasteiger partial charge in [-0.2, -0.15) is 0 Å². The fourth-order valence-electron chi connectivity index (χ4n) is 10.2. The number of carbonyl (C=O) groups is 1. The van der Waals surface area contributed by atoms with Crippen molar-refractivity contribution >= 4 is 46.1 Å². The number of nitrogens with one attached hydrogen (secondary N) is 3. The molecule has 0 unspecified atom stereocenters. The van der Waals surface area contributed by atoms with Crippen LogP contribution in [0, 0.1) is 16.2 Å². The van der Waals surface area contributed by atoms with Crippen molar-refractivity contribution in [3.05, 3.63) is 101 Å². The second-order valence-electron chi connectivity index (χ2n) is 18.5. The van der Waals surface area contributed by atoms with Crippen LogP contribution < -0.4 is 19.7 Å². The van der Waals surface area contributed by atoms with Crippen LogP contribution in [0.4, 0.5) is 17.2 Å². The molecule has 4 aliphatic rings. The second-order valence-corrected chi connectivity index (χ2v) is 19.4. The number of carbonyl (C=O) groups excluding carboxylic acids is 1. The Kier molecular flexibility index (Phi) is 12.3. The molecule has 0 bridgehead atoms. The first kappa shape index (κ1) is 42.3. The van der Waals surface area contributed by atoms with E-state index in [9.17, 15) is 14.8 Å². The van der Waals surface area contributed by atoms with Gasteiger partial charge in [-0.25, -0.2) is 9.97 Å². The summed E-state index contributed by atoms with van der Waals surface area (Å²) in [5.74, 6) is 1.86. The normalized spacial score (nSPS) is 23.0. The number of benzene rings is 2. The van der Waals surface area contributed by atoms with Crippen LogP contribution in [0.25, 0.3) is 11.0 Å². The average Bonchev–Trinajstić information content (AvgIpc) is 3.75. The number of piperidine rings is 1. The minimum Gasteiger partial charge on any atom is -0.455 e. The molecular weight excluding hydrogens is 801 g/mol. The van der Waals surface area contributed by atoms with E-state index in [0.29, 0.717) is 63.7 Å². The zero-order valence-electron chi connectivity index (χ0n) is 35.9. The molecule has 1 spiro atoms. The molecule has 2 saturated carbocycles. The van der Waals surface area contributed by atoms with Crippen LogP contribution in [-0.2, 0) is 4.74 Å². The number of anilines is 2. The van der Waals surface area contributed by atoms with Gasteiger partial charge in [0.2, 0.25) is 0 Å². The van der Waals surface area contributed by atoms with Gasteiger partial charge < -0.3 is 29.8 Å². The first-order chi connectivity index (χ1) is 30.0. The van der Waals surface area contributed by atoms with E-state index < -0.39 is 5.60 Å². The van der Waals surface area contributed by atoms with Crippen molar-refractivity contribution in [2.75, 3.05) is 49.6 Å². The predicted molar refractivity (Wildman–Crippen MR) is 244 cm³/mol. The lowest BCUT2D eigenvalue weighted by molar-refractivity contribution is -0.0912. The number of aromatic amines is 1. The topological polar surface area (TPSA) is 157 Å². The van der Waals surface area contributed by atoms with Crippen molar-refractivity contribution in [1.82, 2.24) is 24.6 Å². The monoisotopic (exact) mass is 858 g/mol. The van der Waals surface area contributed by atoms with Gasteiger partial charge in [0.25, 0.3) is 5.91 Å². The highest BCUT2D eigenvalue weighted by Gasteiger charge is 2.49. The minimum atomic E-state index is -0.607. The molecule has 4 N–H and O–H groups in total. The number of nitrogens with zero attached hydrogens (tertiary/aromatic N) is 5. The standard InChI is InChI=1S/C48H58N8O5S/c1-31(2)38-6-4-5-7-39(38)42-30-60-21-20-56(42)35-25-48(26-35)15-18-55(19-16-48)34-8-9-40(43(23-34)61-36-22-33-12-17-49-44(33)51-28-36)46(57)54-62-37-24-41(53-59)45(52-29-37)50-27-32-10-13-47(3,58)14-11-32/h4-9,12,17,22-24,28-29,31-32,35,42,58H,10-11,13-16,18-21,25-27,30H2,1-3H3,(H,49,51)(H,50,52)(H,54,57)/t32?,42-,47?/m0/s1. The van der Waals surface area contributed by atoms with Crippen LogP contribution in [0.3, 0.4) is 0 Å². The number of pyridine rings is 2. The average molecular weight is 859 g/mol. The Bertz CT molecular complexity index is 2380. The first-order valence-electron chi connectivity index (χ1n) is 22.2. The molecule has 14 heteroatoms. The van der Waals surface area contributed by atoms with Gasteiger partial charge in [-0.1, -0.05) is 38.1 Å². The lowest BCUT2D eigenvalue weighted by Crippen LogP contribution is -2.58. The van der Waals surface area contributed by atoms with Crippen molar-refractivity contribution in [3.8, 4) is 11.5 Å². The highest BCUT2D eigenvalue weighted by Crippen LogP contribution is 2.53. The summed E-state index contributed by atoms with van der Waals surface area (Å²) in [7, 11) is 0. The summed E-state index contributed by atoms with van der Waals surface area (Å²) in [6.07, 6.45) is 13.1. The highest BCUT2D eigenvalue weighted by atomic mass is 32.2. The van der Waals surface area contributed by atoms with Gasteiger partial charge >= 0.3 is 0 Å². The van der Waals surface area contributed by atoms with Gasteiger partial charge in [0.15, 0.2) is 11.5 Å². The number of nitroso groups, excluding NO2 is 1. The maximum atomic E-state index is 13.9. The Morgan fingerprint density at radius 3 is 2.63 bits per heavy atom. The van der Waals surface area contributed by atoms with E-state index in [4.69, 9.17) is 9.47 Å². The molecule has 2 aliphatic heterocycles. The number of ether oxygens (including phenoxy) is 2. The Balaban J connectivity index is 0.859. The summed E-state index contributed by atoms with van der Waals surface area (Å²) in [5, 5.41) is 17.7. The van der Waals surface area contributed by atoms with E-state index in [0.717, 1.165) is 100 Å². The summed E-state index contributed by atoms with van der Waals surface area (Å²) in [5.41, 5.74) is 4.89. The Morgan fingerprint density at radius 2 is 1.84 bits per heavy atom. The maximum Gasteiger partial charge on any atom is 0.265 e. The Hall–Kier alpha value is -5.02. The van der Waals surface area contributed by atoms with Crippen LogP contribution in [-0.4, -0.2) is 81.9 Å². The Morgan fingerprint density at radius 1 is 1.03 bits per heavy atom. The zero-order valence-corrected chi connectivity index (χ0v) is 36.8. The Labute approximate surface area is 367 Å². The number of amides is 1. The van der Waals surface area contributed by atoms with Gasteiger partial charge in [0.1, 0.15) is 17.1 Å². The molecule has 62 heavy (non-hydrogen) atoms. The van der Waals surface area contributed by atoms with Gasteiger partial charge in [-0.3, -0.25) is 14.4 Å². The molecule has 13 nitrogen and oxygen atoms in total. The van der Waals surface area contributed by atoms with Crippen molar-refractivity contribution < 1.29 is 19.4 Å². The van der Waals surface area contributed by atoms with E-state index in [1.807, 2.05) is 43.5 Å². The summed E-state index contributed by atoms with van der Waals surface area (Å²) in [6, 6.07) is 21.1. The molecule has 2 aliphatic carbocycles. The zero-order chi connectivity index (χ0) is 42.8. The van der Waals surface area contributed by atoms with Gasteiger partial charge in [0.05, 0.1) is 36.6 Å². The van der Waals surface area contributed by atoms with Crippen LogP contribution in [0.2, 0.25) is 0 Å². The van der Waals surface area contributed by atoms with Crippen LogP contribution in [0.1, 0.15) is 106 Å². The second kappa shape index (κ2) is 18.0. The third kappa shape index (κ3) is 9.20. The highest BCUT2D eigenvalue weighted by molar-refractivity contribution is 7.98. The third-order valence-corrected chi connectivity index (χ3v) is 14.6. The fraction of sp³-hybridized carbons (Fsp3) is 0.479. The van der Waals surface area contributed by atoms with Crippen LogP contribution >= 0.6 is 11.9 Å². The fourth-order valence-corrected chi connectivity index (χ4v) is 10.8. The largest absolute Gasteiger partial charge is 0.455 e. The third-order valence-electron chi connectivity index (χ3n) is 13.9. The molecule has 3 aromatic heterocycles. The molecule has 5 aromatic rings. The summed E-state index contributed by atoms with van der Waals surface area (Å²) in [4.78, 5) is 43.6. The maximum absolute atomic E-state index is 13.9. The van der Waals surface area contributed by atoms with E-state index in [1.54, 1.807) is 18.5 Å². The minimum absolute atomic E-state index is 0.173. The van der Waals surface area contributed by atoms with Crippen LogP contribution in [0.5, 0.6) is 11.5 Å². The summed E-state index contributed by atoms with van der Waals surface area (Å²) >= 11 is 1.07. The molecule has 1 amide bonds. The first-order valence-corrected chi connectivity index (χ1v) is 23.1. The quantitative estimate of drug-likeness (QED) is 0.0660. The van der Waals surface area contributed by atoms with Crippen molar-refractivity contribution in [3.63, 3.8) is 0 Å². The molecule has 9 rings (SSSR count). The lowest BCUT2D eigenvalue weighted by Gasteiger charge is -2.57. The number of morpholine rings is 1. The SMILES string of the molecule is CC(C)c1ccccc1[C@@H]1COCCN1C1CC2(CCN(c3ccc(C(=O)NSc4cnc(NCC5CCC(C)(O)CC5)c(N=O)c4)c(Oc4cnc5[nH]ccc5c4)c3)CC2)C1. The van der Waals surface area contributed by atoms with Crippen molar-refractivity contribution in [1.29, 1.82) is 0 Å². The summed E-state index contributed by atoms with van der Waals surface area (Å²) in [6.45, 7) is 11.5. The summed E-state index contributed by atoms with van der Waals surface area (Å²) < 4.78 is 15.5. The van der Waals surface area contributed by atoms with Crippen LogP contribution in [0.15, 0.2) is 89.3 Å².